The van der Waals surface area contributed by atoms with Crippen LogP contribution >= 0.6 is 0 Å². The number of para-hydroxylation sites is 1. The average Bonchev–Trinajstić information content (AvgIpc) is 3.28. The number of imidazole rings is 1. The lowest BCUT2D eigenvalue weighted by Crippen LogP contribution is -2.14. The van der Waals surface area contributed by atoms with Crippen LogP contribution < -0.4 is 5.32 Å². The van der Waals surface area contributed by atoms with E-state index >= 15 is 0 Å². The second-order valence-electron chi connectivity index (χ2n) is 8.41. The Labute approximate surface area is 198 Å². The van der Waals surface area contributed by atoms with Crippen molar-refractivity contribution in [2.24, 2.45) is 0 Å². The van der Waals surface area contributed by atoms with Crippen LogP contribution in [0.4, 0.5) is 5.69 Å². The maximum Gasteiger partial charge on any atom is 0.274 e. The van der Waals surface area contributed by atoms with E-state index < -0.39 is 0 Å². The van der Waals surface area contributed by atoms with E-state index in [-0.39, 0.29) is 5.91 Å². The molecule has 0 unspecified atom stereocenters. The van der Waals surface area contributed by atoms with E-state index in [0.29, 0.717) is 17.8 Å². The fourth-order valence-corrected chi connectivity index (χ4v) is 4.16. The number of carbonyl (C=O) groups is 1. The van der Waals surface area contributed by atoms with Crippen molar-refractivity contribution >= 4 is 17.2 Å². The molecule has 3 heterocycles. The fourth-order valence-electron chi connectivity index (χ4n) is 4.16. The van der Waals surface area contributed by atoms with Crippen molar-refractivity contribution in [3.05, 3.63) is 114 Å². The standard InChI is InChI=1S/C28H25N5O/c1-19-7-6-8-22(15-19)26-20(2)16-21(17-30-26)11-12-24-27-31-18-25(33(27)14-13-29-24)28(34)32-23-9-4-3-5-10-23/h3-10,13-18H,11-12H2,1-2H3,(H,32,34). The van der Waals surface area contributed by atoms with Crippen molar-refractivity contribution in [3.63, 3.8) is 0 Å². The molecular weight excluding hydrogens is 422 g/mol. The number of aromatic nitrogens is 4. The summed E-state index contributed by atoms with van der Waals surface area (Å²) < 4.78 is 1.80. The molecule has 5 rings (SSSR count). The zero-order valence-electron chi connectivity index (χ0n) is 19.2. The lowest BCUT2D eigenvalue weighted by atomic mass is 10.0. The molecule has 1 amide bonds. The maximum atomic E-state index is 12.8. The summed E-state index contributed by atoms with van der Waals surface area (Å²) in [6.45, 7) is 4.19. The molecule has 6 heteroatoms. The Morgan fingerprint density at radius 3 is 2.56 bits per heavy atom. The number of rotatable bonds is 6. The molecule has 168 valence electrons. The SMILES string of the molecule is Cc1cccc(-c2ncc(CCc3nccn4c(C(=O)Nc5ccccc5)cnc34)cc2C)c1. The van der Waals surface area contributed by atoms with Gasteiger partial charge in [0.2, 0.25) is 0 Å². The number of amides is 1. The number of aryl methyl sites for hydroxylation is 4. The molecule has 0 aliphatic rings. The third-order valence-electron chi connectivity index (χ3n) is 5.84. The second kappa shape index (κ2) is 9.27. The van der Waals surface area contributed by atoms with Gasteiger partial charge in [0.05, 0.1) is 17.6 Å². The van der Waals surface area contributed by atoms with Gasteiger partial charge >= 0.3 is 0 Å². The molecule has 0 saturated carbocycles. The number of hydrogen-bond donors (Lipinski definition) is 1. The first kappa shape index (κ1) is 21.5. The molecule has 0 saturated heterocycles. The Morgan fingerprint density at radius 1 is 0.912 bits per heavy atom. The minimum absolute atomic E-state index is 0.206. The highest BCUT2D eigenvalue weighted by atomic mass is 16.1. The van der Waals surface area contributed by atoms with E-state index in [1.54, 1.807) is 23.0 Å². The van der Waals surface area contributed by atoms with Gasteiger partial charge in [-0.3, -0.25) is 19.2 Å². The minimum Gasteiger partial charge on any atom is -0.321 e. The predicted molar refractivity (Wildman–Crippen MR) is 134 cm³/mol. The average molecular weight is 448 g/mol. The number of pyridine rings is 1. The summed E-state index contributed by atoms with van der Waals surface area (Å²) >= 11 is 0. The van der Waals surface area contributed by atoms with Crippen LogP contribution in [0.15, 0.2) is 85.5 Å². The van der Waals surface area contributed by atoms with E-state index in [1.165, 1.54) is 5.56 Å². The molecule has 0 spiro atoms. The molecule has 0 bridgehead atoms. The summed E-state index contributed by atoms with van der Waals surface area (Å²) in [6, 6.07) is 20.0. The maximum absolute atomic E-state index is 12.8. The second-order valence-corrected chi connectivity index (χ2v) is 8.41. The summed E-state index contributed by atoms with van der Waals surface area (Å²) in [5.74, 6) is -0.206. The highest BCUT2D eigenvalue weighted by Crippen LogP contribution is 2.23. The number of nitrogens with one attached hydrogen (secondary N) is 1. The number of fused-ring (bicyclic) bond motifs is 1. The number of nitrogens with zero attached hydrogens (tertiary/aromatic N) is 4. The van der Waals surface area contributed by atoms with Crippen LogP contribution in [0.3, 0.4) is 0 Å². The normalized spacial score (nSPS) is 11.0. The van der Waals surface area contributed by atoms with E-state index in [2.05, 4.69) is 59.5 Å². The van der Waals surface area contributed by atoms with Gasteiger partial charge in [0.15, 0.2) is 5.65 Å². The molecular formula is C28H25N5O. The van der Waals surface area contributed by atoms with Gasteiger partial charge in [0, 0.05) is 29.8 Å². The Kier molecular flexibility index (Phi) is 5.87. The van der Waals surface area contributed by atoms with Crippen LogP contribution in [-0.4, -0.2) is 25.3 Å². The van der Waals surface area contributed by atoms with Crippen LogP contribution in [-0.2, 0) is 12.8 Å². The first-order valence-electron chi connectivity index (χ1n) is 11.3. The van der Waals surface area contributed by atoms with Crippen LogP contribution in [0.25, 0.3) is 16.9 Å². The Morgan fingerprint density at radius 2 is 1.76 bits per heavy atom. The Hall–Kier alpha value is -4.32. The molecule has 6 nitrogen and oxygen atoms in total. The van der Waals surface area contributed by atoms with Crippen molar-refractivity contribution in [1.29, 1.82) is 0 Å². The van der Waals surface area contributed by atoms with Gasteiger partial charge in [-0.1, -0.05) is 48.0 Å². The number of carbonyl (C=O) groups excluding carboxylic acids is 1. The van der Waals surface area contributed by atoms with Crippen LogP contribution in [0.5, 0.6) is 0 Å². The third-order valence-corrected chi connectivity index (χ3v) is 5.84. The number of hydrogen-bond acceptors (Lipinski definition) is 4. The molecule has 2 aromatic carbocycles. The molecule has 0 aliphatic carbocycles. The van der Waals surface area contributed by atoms with Gasteiger partial charge < -0.3 is 5.32 Å². The van der Waals surface area contributed by atoms with Crippen molar-refractivity contribution in [1.82, 2.24) is 19.4 Å². The van der Waals surface area contributed by atoms with Gasteiger partial charge in [0.25, 0.3) is 5.91 Å². The zero-order chi connectivity index (χ0) is 23.5. The first-order valence-corrected chi connectivity index (χ1v) is 11.3. The highest BCUT2D eigenvalue weighted by Gasteiger charge is 2.15. The lowest BCUT2D eigenvalue weighted by molar-refractivity contribution is 0.102. The topological polar surface area (TPSA) is 72.2 Å². The summed E-state index contributed by atoms with van der Waals surface area (Å²) in [5.41, 5.74) is 8.42. The molecule has 0 fully saturated rings. The first-order chi connectivity index (χ1) is 16.6. The van der Waals surface area contributed by atoms with Gasteiger partial charge in [0.1, 0.15) is 5.69 Å². The zero-order valence-corrected chi connectivity index (χ0v) is 19.2. The summed E-state index contributed by atoms with van der Waals surface area (Å²) in [4.78, 5) is 26.6. The van der Waals surface area contributed by atoms with Gasteiger partial charge in [-0.2, -0.15) is 0 Å². The van der Waals surface area contributed by atoms with Crippen LogP contribution in [0.2, 0.25) is 0 Å². The number of anilines is 1. The number of benzene rings is 2. The predicted octanol–water partition coefficient (Wildman–Crippen LogP) is 5.45. The van der Waals surface area contributed by atoms with Gasteiger partial charge in [-0.05, 0) is 56.0 Å². The minimum atomic E-state index is -0.206. The van der Waals surface area contributed by atoms with Crippen LogP contribution in [0, 0.1) is 13.8 Å². The van der Waals surface area contributed by atoms with Crippen molar-refractivity contribution in [3.8, 4) is 11.3 Å². The van der Waals surface area contributed by atoms with E-state index in [0.717, 1.165) is 40.2 Å². The van der Waals surface area contributed by atoms with E-state index in [4.69, 9.17) is 4.98 Å². The molecule has 1 N–H and O–H groups in total. The van der Waals surface area contributed by atoms with Gasteiger partial charge in [-0.25, -0.2) is 4.98 Å². The Bertz CT molecular complexity index is 1470. The summed E-state index contributed by atoms with van der Waals surface area (Å²) in [5, 5.41) is 2.91. The fraction of sp³-hybridized carbons (Fsp3) is 0.143. The largest absolute Gasteiger partial charge is 0.321 e. The molecule has 0 atom stereocenters. The van der Waals surface area contributed by atoms with Crippen molar-refractivity contribution in [2.45, 2.75) is 26.7 Å². The highest BCUT2D eigenvalue weighted by molar-refractivity contribution is 6.03. The Balaban J connectivity index is 1.34. The quantitative estimate of drug-likeness (QED) is 0.376. The molecule has 5 aromatic rings. The van der Waals surface area contributed by atoms with Crippen molar-refractivity contribution < 1.29 is 4.79 Å². The molecule has 34 heavy (non-hydrogen) atoms. The smallest absolute Gasteiger partial charge is 0.274 e. The van der Waals surface area contributed by atoms with E-state index in [9.17, 15) is 4.79 Å². The van der Waals surface area contributed by atoms with Crippen molar-refractivity contribution in [2.75, 3.05) is 5.32 Å². The van der Waals surface area contributed by atoms with Gasteiger partial charge in [-0.15, -0.1) is 0 Å². The summed E-state index contributed by atoms with van der Waals surface area (Å²) in [7, 11) is 0. The van der Waals surface area contributed by atoms with Crippen LogP contribution in [0.1, 0.15) is 32.9 Å². The monoisotopic (exact) mass is 447 g/mol. The molecule has 3 aromatic heterocycles. The summed E-state index contributed by atoms with van der Waals surface area (Å²) in [6.07, 6.45) is 8.51. The molecule has 0 aliphatic heterocycles. The third kappa shape index (κ3) is 4.43. The van der Waals surface area contributed by atoms with E-state index in [1.807, 2.05) is 36.5 Å². The lowest BCUT2D eigenvalue weighted by Gasteiger charge is -2.09. The molecule has 0 radical (unpaired) electrons.